The first-order valence-electron chi connectivity index (χ1n) is 7.79. The van der Waals surface area contributed by atoms with Crippen molar-refractivity contribution in [3.8, 4) is 5.75 Å². The molecule has 1 aliphatic rings. The average Bonchev–Trinajstić information content (AvgIpc) is 2.55. The maximum Gasteiger partial charge on any atom is 0.263 e. The molecule has 0 bridgehead atoms. The Balaban J connectivity index is 1.99. The number of aromatic nitrogens is 1. The van der Waals surface area contributed by atoms with Gasteiger partial charge in [-0.1, -0.05) is 6.07 Å². The van der Waals surface area contributed by atoms with E-state index >= 15 is 0 Å². The summed E-state index contributed by atoms with van der Waals surface area (Å²) in [5, 5.41) is 0. The second kappa shape index (κ2) is 6.36. The highest BCUT2D eigenvalue weighted by molar-refractivity contribution is 7.92. The summed E-state index contributed by atoms with van der Waals surface area (Å²) in [7, 11) is -3.82. The molecular weight excluding hydrogens is 342 g/mol. The molecule has 25 heavy (non-hydrogen) atoms. The van der Waals surface area contributed by atoms with Crippen molar-refractivity contribution in [2.75, 3.05) is 22.8 Å². The van der Waals surface area contributed by atoms with Gasteiger partial charge < -0.3 is 9.64 Å². The number of anilines is 2. The lowest BCUT2D eigenvalue weighted by Gasteiger charge is -2.29. The first-order chi connectivity index (χ1) is 11.8. The number of ether oxygens (including phenoxy) is 1. The van der Waals surface area contributed by atoms with Crippen molar-refractivity contribution in [1.82, 2.24) is 4.98 Å². The van der Waals surface area contributed by atoms with Crippen LogP contribution in [-0.2, 0) is 14.8 Å². The van der Waals surface area contributed by atoms with Gasteiger partial charge in [-0.15, -0.1) is 0 Å². The van der Waals surface area contributed by atoms with Crippen LogP contribution in [0.5, 0.6) is 5.75 Å². The molecule has 0 aliphatic carbocycles. The summed E-state index contributed by atoms with van der Waals surface area (Å²) in [6, 6.07) is 6.50. The molecule has 0 fully saturated rings. The van der Waals surface area contributed by atoms with Gasteiger partial charge in [0.1, 0.15) is 18.2 Å². The molecule has 0 spiro atoms. The molecule has 0 atom stereocenters. The number of nitrogens with zero attached hydrogens (tertiary/aromatic N) is 2. The Morgan fingerprint density at radius 2 is 2.04 bits per heavy atom. The predicted octanol–water partition coefficient (Wildman–Crippen LogP) is 2.24. The molecule has 1 aliphatic heterocycles. The Labute approximate surface area is 146 Å². The van der Waals surface area contributed by atoms with E-state index in [9.17, 15) is 13.2 Å². The van der Waals surface area contributed by atoms with Crippen molar-refractivity contribution < 1.29 is 17.9 Å². The van der Waals surface area contributed by atoms with Gasteiger partial charge in [0.2, 0.25) is 5.91 Å². The summed E-state index contributed by atoms with van der Waals surface area (Å²) in [5.41, 5.74) is 2.05. The van der Waals surface area contributed by atoms with Crippen LogP contribution in [0, 0.1) is 13.8 Å². The van der Waals surface area contributed by atoms with Crippen molar-refractivity contribution in [1.29, 1.82) is 0 Å². The van der Waals surface area contributed by atoms with Crippen molar-refractivity contribution in [3.05, 3.63) is 41.6 Å². The Morgan fingerprint density at radius 1 is 1.28 bits per heavy atom. The second-order valence-electron chi connectivity index (χ2n) is 5.93. The minimum absolute atomic E-state index is 0.0963. The van der Waals surface area contributed by atoms with E-state index in [0.717, 1.165) is 5.56 Å². The Bertz CT molecular complexity index is 924. The third-order valence-electron chi connectivity index (χ3n) is 3.94. The minimum Gasteiger partial charge on any atom is -0.489 e. The Morgan fingerprint density at radius 3 is 2.68 bits per heavy atom. The fourth-order valence-electron chi connectivity index (χ4n) is 2.69. The molecule has 1 aromatic heterocycles. The smallest absolute Gasteiger partial charge is 0.263 e. The number of pyridine rings is 1. The van der Waals surface area contributed by atoms with Crippen LogP contribution in [0.2, 0.25) is 0 Å². The van der Waals surface area contributed by atoms with Gasteiger partial charge in [-0.25, -0.2) is 13.4 Å². The van der Waals surface area contributed by atoms with Crippen LogP contribution in [0.3, 0.4) is 0 Å². The molecule has 0 saturated heterocycles. The summed E-state index contributed by atoms with van der Waals surface area (Å²) in [4.78, 5) is 17.5. The molecular formula is C17H19N3O4S. The molecule has 2 aromatic rings. The fourth-order valence-corrected chi connectivity index (χ4v) is 3.94. The molecule has 8 heteroatoms. The summed E-state index contributed by atoms with van der Waals surface area (Å²) >= 11 is 0. The number of sulfonamides is 1. The third-order valence-corrected chi connectivity index (χ3v) is 5.44. The van der Waals surface area contributed by atoms with E-state index < -0.39 is 10.0 Å². The number of benzene rings is 1. The van der Waals surface area contributed by atoms with Crippen molar-refractivity contribution in [3.63, 3.8) is 0 Å². The zero-order valence-corrected chi connectivity index (χ0v) is 15.1. The van der Waals surface area contributed by atoms with Crippen LogP contribution in [0.4, 0.5) is 11.5 Å². The highest BCUT2D eigenvalue weighted by Gasteiger charge is 2.26. The quantitative estimate of drug-likeness (QED) is 0.906. The molecule has 0 saturated carbocycles. The number of fused-ring (bicyclic) bond motifs is 1. The van der Waals surface area contributed by atoms with E-state index in [1.54, 1.807) is 36.2 Å². The fraction of sp³-hybridized carbons (Fsp3) is 0.294. The van der Waals surface area contributed by atoms with Crippen molar-refractivity contribution >= 4 is 27.4 Å². The van der Waals surface area contributed by atoms with Crippen LogP contribution in [-0.4, -0.2) is 32.5 Å². The minimum atomic E-state index is -3.82. The summed E-state index contributed by atoms with van der Waals surface area (Å²) < 4.78 is 33.5. The second-order valence-corrected chi connectivity index (χ2v) is 7.58. The number of carbonyl (C=O) groups is 1. The SMILES string of the molecule is CC(=O)N1CCOc2cc(S(=O)(=O)Nc3ccc(C)cn3)c(C)cc21. The predicted molar refractivity (Wildman–Crippen MR) is 94.5 cm³/mol. The van der Waals surface area contributed by atoms with Crippen LogP contribution in [0.25, 0.3) is 0 Å². The zero-order valence-electron chi connectivity index (χ0n) is 14.2. The Hall–Kier alpha value is -2.61. The van der Waals surface area contributed by atoms with Gasteiger partial charge in [-0.3, -0.25) is 9.52 Å². The number of carbonyl (C=O) groups excluding carboxylic acids is 1. The number of nitrogens with one attached hydrogen (secondary N) is 1. The Kier molecular flexibility index (Phi) is 4.38. The van der Waals surface area contributed by atoms with Crippen LogP contribution >= 0.6 is 0 Å². The van der Waals surface area contributed by atoms with Gasteiger partial charge in [-0.2, -0.15) is 0 Å². The van der Waals surface area contributed by atoms with Crippen molar-refractivity contribution in [2.45, 2.75) is 25.7 Å². The number of hydrogen-bond donors (Lipinski definition) is 1. The molecule has 1 N–H and O–H groups in total. The highest BCUT2D eigenvalue weighted by atomic mass is 32.2. The third kappa shape index (κ3) is 3.43. The van der Waals surface area contributed by atoms with Crippen LogP contribution in [0.15, 0.2) is 35.4 Å². The molecule has 3 rings (SSSR count). The first kappa shape index (κ1) is 17.2. The monoisotopic (exact) mass is 361 g/mol. The lowest BCUT2D eigenvalue weighted by molar-refractivity contribution is -0.116. The molecule has 132 valence electrons. The lowest BCUT2D eigenvalue weighted by atomic mass is 10.1. The van der Waals surface area contributed by atoms with E-state index in [1.165, 1.54) is 13.0 Å². The van der Waals surface area contributed by atoms with Crippen LogP contribution < -0.4 is 14.4 Å². The van der Waals surface area contributed by atoms with Gasteiger partial charge in [0.25, 0.3) is 10.0 Å². The van der Waals surface area contributed by atoms with Gasteiger partial charge in [0.15, 0.2) is 0 Å². The van der Waals surface area contributed by atoms with Gasteiger partial charge in [0.05, 0.1) is 17.1 Å². The number of aryl methyl sites for hydroxylation is 2. The summed E-state index contributed by atoms with van der Waals surface area (Å²) in [5.74, 6) is 0.514. The average molecular weight is 361 g/mol. The van der Waals surface area contributed by atoms with E-state index in [1.807, 2.05) is 6.92 Å². The van der Waals surface area contributed by atoms with Crippen LogP contribution in [0.1, 0.15) is 18.1 Å². The normalized spacial score (nSPS) is 13.8. The molecule has 2 heterocycles. The maximum absolute atomic E-state index is 12.7. The molecule has 0 unspecified atom stereocenters. The van der Waals surface area contributed by atoms with Gasteiger partial charge in [0, 0.05) is 19.2 Å². The van der Waals surface area contributed by atoms with E-state index in [-0.39, 0.29) is 16.6 Å². The maximum atomic E-state index is 12.7. The topological polar surface area (TPSA) is 88.6 Å². The van der Waals surface area contributed by atoms with E-state index in [4.69, 9.17) is 4.74 Å². The number of hydrogen-bond acceptors (Lipinski definition) is 5. The van der Waals surface area contributed by atoms with E-state index in [2.05, 4.69) is 9.71 Å². The standard InChI is InChI=1S/C17H19N3O4S/c1-11-4-5-17(18-10-11)19-25(22,23)16-9-15-14(8-12(16)2)20(13(3)21)6-7-24-15/h4-5,8-10H,6-7H2,1-3H3,(H,18,19). The molecule has 7 nitrogen and oxygen atoms in total. The highest BCUT2D eigenvalue weighted by Crippen LogP contribution is 2.36. The summed E-state index contributed by atoms with van der Waals surface area (Å²) in [6.45, 7) is 5.79. The van der Waals surface area contributed by atoms with Gasteiger partial charge >= 0.3 is 0 Å². The first-order valence-corrected chi connectivity index (χ1v) is 9.27. The zero-order chi connectivity index (χ0) is 18.2. The van der Waals surface area contributed by atoms with Gasteiger partial charge in [-0.05, 0) is 37.1 Å². The molecule has 0 radical (unpaired) electrons. The van der Waals surface area contributed by atoms with Crippen molar-refractivity contribution in [2.24, 2.45) is 0 Å². The number of rotatable bonds is 3. The number of amides is 1. The summed E-state index contributed by atoms with van der Waals surface area (Å²) in [6.07, 6.45) is 1.59. The largest absolute Gasteiger partial charge is 0.489 e. The molecule has 1 aromatic carbocycles. The van der Waals surface area contributed by atoms with E-state index in [0.29, 0.717) is 30.2 Å². The molecule has 1 amide bonds. The lowest BCUT2D eigenvalue weighted by Crippen LogP contribution is -2.36.